The zero-order chi connectivity index (χ0) is 12.4. The minimum atomic E-state index is -0.00301. The van der Waals surface area contributed by atoms with Gasteiger partial charge in [-0.15, -0.1) is 0 Å². The second-order valence-electron chi connectivity index (χ2n) is 7.02. The highest BCUT2D eigenvalue weighted by atomic mass is 16.3. The molecule has 0 saturated heterocycles. The van der Waals surface area contributed by atoms with Crippen molar-refractivity contribution < 1.29 is 5.11 Å². The van der Waals surface area contributed by atoms with E-state index in [-0.39, 0.29) is 6.10 Å². The molecule has 0 amide bonds. The van der Waals surface area contributed by atoms with E-state index in [9.17, 15) is 5.11 Å². The zero-order valence-electron chi connectivity index (χ0n) is 11.9. The highest BCUT2D eigenvalue weighted by Crippen LogP contribution is 2.42. The number of hydrogen-bond donors (Lipinski definition) is 1. The Morgan fingerprint density at radius 2 is 1.59 bits per heavy atom. The predicted octanol–water partition coefficient (Wildman–Crippen LogP) is 4.25. The van der Waals surface area contributed by atoms with E-state index >= 15 is 0 Å². The van der Waals surface area contributed by atoms with Crippen LogP contribution in [0.2, 0.25) is 0 Å². The Morgan fingerprint density at radius 1 is 0.941 bits per heavy atom. The van der Waals surface area contributed by atoms with Gasteiger partial charge < -0.3 is 5.11 Å². The lowest BCUT2D eigenvalue weighted by Crippen LogP contribution is -2.33. The summed E-state index contributed by atoms with van der Waals surface area (Å²) in [5.41, 5.74) is 0. The quantitative estimate of drug-likeness (QED) is 0.779. The third-order valence-electron chi connectivity index (χ3n) is 5.34. The molecule has 2 rings (SSSR count). The third kappa shape index (κ3) is 3.24. The van der Waals surface area contributed by atoms with Crippen molar-refractivity contribution in [2.75, 3.05) is 0 Å². The SMILES string of the molecule is CCC1CCC(C(O)C2CC(C)CC(C)C2)C1. The van der Waals surface area contributed by atoms with Gasteiger partial charge in [-0.05, 0) is 61.7 Å². The largest absolute Gasteiger partial charge is 0.393 e. The Hall–Kier alpha value is -0.0400. The summed E-state index contributed by atoms with van der Waals surface area (Å²) in [6.45, 7) is 7.02. The van der Waals surface area contributed by atoms with Gasteiger partial charge in [0.05, 0.1) is 6.10 Å². The van der Waals surface area contributed by atoms with Gasteiger partial charge in [-0.1, -0.05) is 33.6 Å². The van der Waals surface area contributed by atoms with Gasteiger partial charge in [-0.2, -0.15) is 0 Å². The van der Waals surface area contributed by atoms with Crippen LogP contribution >= 0.6 is 0 Å². The van der Waals surface area contributed by atoms with Gasteiger partial charge in [-0.25, -0.2) is 0 Å². The van der Waals surface area contributed by atoms with Crippen LogP contribution in [0.4, 0.5) is 0 Å². The molecule has 1 nitrogen and oxygen atoms in total. The summed E-state index contributed by atoms with van der Waals surface area (Å²) in [4.78, 5) is 0. The van der Waals surface area contributed by atoms with Crippen LogP contribution in [0, 0.1) is 29.6 Å². The van der Waals surface area contributed by atoms with Crippen LogP contribution in [0.1, 0.15) is 65.7 Å². The van der Waals surface area contributed by atoms with Gasteiger partial charge in [0.15, 0.2) is 0 Å². The van der Waals surface area contributed by atoms with Crippen molar-refractivity contribution in [3.63, 3.8) is 0 Å². The second-order valence-corrected chi connectivity index (χ2v) is 7.02. The molecule has 0 aliphatic heterocycles. The minimum absolute atomic E-state index is 0.00301. The fraction of sp³-hybridized carbons (Fsp3) is 1.00. The van der Waals surface area contributed by atoms with Crippen LogP contribution in [0.15, 0.2) is 0 Å². The molecule has 17 heavy (non-hydrogen) atoms. The Labute approximate surface area is 107 Å². The van der Waals surface area contributed by atoms with E-state index in [2.05, 4.69) is 20.8 Å². The van der Waals surface area contributed by atoms with Crippen molar-refractivity contribution in [2.24, 2.45) is 29.6 Å². The monoisotopic (exact) mass is 238 g/mol. The van der Waals surface area contributed by atoms with E-state index in [4.69, 9.17) is 0 Å². The normalized spacial score (nSPS) is 44.8. The molecular weight excluding hydrogens is 208 g/mol. The zero-order valence-corrected chi connectivity index (χ0v) is 11.9. The molecule has 2 aliphatic carbocycles. The van der Waals surface area contributed by atoms with E-state index < -0.39 is 0 Å². The summed E-state index contributed by atoms with van der Waals surface area (Å²) < 4.78 is 0. The smallest absolute Gasteiger partial charge is 0.0596 e. The second kappa shape index (κ2) is 5.73. The Balaban J connectivity index is 1.88. The van der Waals surface area contributed by atoms with Crippen LogP contribution in [-0.2, 0) is 0 Å². The fourth-order valence-corrected chi connectivity index (χ4v) is 4.47. The molecule has 5 atom stereocenters. The molecule has 0 radical (unpaired) electrons. The first kappa shape index (κ1) is 13.4. The molecule has 0 aromatic carbocycles. The molecule has 1 N–H and O–H groups in total. The molecule has 5 unspecified atom stereocenters. The maximum atomic E-state index is 10.6. The van der Waals surface area contributed by atoms with Crippen LogP contribution in [-0.4, -0.2) is 11.2 Å². The molecular formula is C16H30O. The first-order valence-electron chi connectivity index (χ1n) is 7.78. The lowest BCUT2D eigenvalue weighted by molar-refractivity contribution is 0.0136. The van der Waals surface area contributed by atoms with Gasteiger partial charge >= 0.3 is 0 Å². The average molecular weight is 238 g/mol. The fourth-order valence-electron chi connectivity index (χ4n) is 4.47. The lowest BCUT2D eigenvalue weighted by Gasteiger charge is -2.36. The molecule has 0 heterocycles. The van der Waals surface area contributed by atoms with Crippen molar-refractivity contribution in [2.45, 2.75) is 71.8 Å². The number of aliphatic hydroxyl groups is 1. The number of aliphatic hydroxyl groups excluding tert-OH is 1. The minimum Gasteiger partial charge on any atom is -0.393 e. The van der Waals surface area contributed by atoms with E-state index in [1.165, 1.54) is 44.9 Å². The van der Waals surface area contributed by atoms with Gasteiger partial charge in [0.25, 0.3) is 0 Å². The summed E-state index contributed by atoms with van der Waals surface area (Å²) in [6, 6.07) is 0. The Bertz CT molecular complexity index is 228. The van der Waals surface area contributed by atoms with E-state index in [0.29, 0.717) is 11.8 Å². The molecule has 2 fully saturated rings. The summed E-state index contributed by atoms with van der Waals surface area (Å²) in [5.74, 6) is 3.74. The molecule has 2 aliphatic rings. The first-order chi connectivity index (χ1) is 8.10. The lowest BCUT2D eigenvalue weighted by atomic mass is 9.72. The number of rotatable bonds is 3. The van der Waals surface area contributed by atoms with Gasteiger partial charge in [0.1, 0.15) is 0 Å². The van der Waals surface area contributed by atoms with E-state index in [1.807, 2.05) is 0 Å². The highest BCUT2D eigenvalue weighted by molar-refractivity contribution is 4.87. The van der Waals surface area contributed by atoms with Gasteiger partial charge in [0.2, 0.25) is 0 Å². The molecule has 0 bridgehead atoms. The van der Waals surface area contributed by atoms with Crippen LogP contribution < -0.4 is 0 Å². The molecule has 1 heteroatoms. The van der Waals surface area contributed by atoms with Crippen LogP contribution in [0.3, 0.4) is 0 Å². The summed E-state index contributed by atoms with van der Waals surface area (Å²) in [6.07, 6.45) is 9.12. The maximum absolute atomic E-state index is 10.6. The highest BCUT2D eigenvalue weighted by Gasteiger charge is 2.36. The predicted molar refractivity (Wildman–Crippen MR) is 72.8 cm³/mol. The Morgan fingerprint density at radius 3 is 2.12 bits per heavy atom. The summed E-state index contributed by atoms with van der Waals surface area (Å²) in [7, 11) is 0. The van der Waals surface area contributed by atoms with Crippen molar-refractivity contribution >= 4 is 0 Å². The molecule has 0 aromatic rings. The summed E-state index contributed by atoms with van der Waals surface area (Å²) in [5, 5.41) is 10.6. The van der Waals surface area contributed by atoms with Crippen molar-refractivity contribution in [1.82, 2.24) is 0 Å². The molecule has 2 saturated carbocycles. The maximum Gasteiger partial charge on any atom is 0.0596 e. The first-order valence-corrected chi connectivity index (χ1v) is 7.78. The van der Waals surface area contributed by atoms with Crippen molar-refractivity contribution in [3.8, 4) is 0 Å². The molecule has 0 spiro atoms. The number of hydrogen-bond acceptors (Lipinski definition) is 1. The molecule has 100 valence electrons. The molecule has 0 aromatic heterocycles. The Kier molecular flexibility index (Phi) is 4.52. The van der Waals surface area contributed by atoms with Crippen molar-refractivity contribution in [3.05, 3.63) is 0 Å². The summed E-state index contributed by atoms with van der Waals surface area (Å²) >= 11 is 0. The third-order valence-corrected chi connectivity index (χ3v) is 5.34. The van der Waals surface area contributed by atoms with Crippen molar-refractivity contribution in [1.29, 1.82) is 0 Å². The van der Waals surface area contributed by atoms with Gasteiger partial charge in [-0.3, -0.25) is 0 Å². The topological polar surface area (TPSA) is 20.2 Å². The average Bonchev–Trinajstić information content (AvgIpc) is 2.75. The standard InChI is InChI=1S/C16H30O/c1-4-13-5-6-14(10-13)16(17)15-8-11(2)7-12(3)9-15/h11-17H,4-10H2,1-3H3. The van der Waals surface area contributed by atoms with E-state index in [1.54, 1.807) is 0 Å². The van der Waals surface area contributed by atoms with Crippen LogP contribution in [0.25, 0.3) is 0 Å². The van der Waals surface area contributed by atoms with E-state index in [0.717, 1.165) is 17.8 Å². The van der Waals surface area contributed by atoms with Crippen LogP contribution in [0.5, 0.6) is 0 Å². The van der Waals surface area contributed by atoms with Gasteiger partial charge in [0, 0.05) is 0 Å².